The predicted octanol–water partition coefficient (Wildman–Crippen LogP) is 5.00. The number of carbonyl (C=O) groups excluding carboxylic acids is 1. The zero-order valence-corrected chi connectivity index (χ0v) is 18.3. The first-order valence-electron chi connectivity index (χ1n) is 10.2. The SMILES string of the molecule is CP1C=Nc2ccc(-c3cc[n+](CCCC(=O)OCc4ccccc4)cc3)nc2N=C1. The molecule has 1 aromatic carbocycles. The number of aryl methyl sites for hydroxylation is 1. The Morgan fingerprint density at radius 2 is 1.77 bits per heavy atom. The standard InChI is InChI=1S/C24H24N4O2P/c1-31-17-25-22-10-9-21(27-24(22)26-18-31)20-11-14-28(15-12-20)13-5-8-23(29)30-16-19-6-3-2-4-7-19/h2-4,6-7,9-12,14-15,17-18H,5,8,13,16H2,1H3/q+1. The molecular formula is C24H24N4O2P+. The summed E-state index contributed by atoms with van der Waals surface area (Å²) in [7, 11) is -0.418. The fourth-order valence-corrected chi connectivity index (χ4v) is 3.78. The number of fused-ring (bicyclic) bond motifs is 1. The van der Waals surface area contributed by atoms with Crippen LogP contribution < -0.4 is 4.57 Å². The Bertz CT molecular complexity index is 1100. The van der Waals surface area contributed by atoms with Crippen LogP contribution in [0.5, 0.6) is 0 Å². The molecule has 0 fully saturated rings. The van der Waals surface area contributed by atoms with E-state index in [9.17, 15) is 4.79 Å². The highest BCUT2D eigenvalue weighted by Crippen LogP contribution is 2.35. The first-order chi connectivity index (χ1) is 15.2. The van der Waals surface area contributed by atoms with E-state index < -0.39 is 7.92 Å². The molecule has 0 saturated carbocycles. The van der Waals surface area contributed by atoms with Gasteiger partial charge in [0, 0.05) is 36.0 Å². The molecule has 31 heavy (non-hydrogen) atoms. The molecule has 1 aliphatic rings. The largest absolute Gasteiger partial charge is 0.461 e. The van der Waals surface area contributed by atoms with Crippen LogP contribution >= 0.6 is 7.92 Å². The summed E-state index contributed by atoms with van der Waals surface area (Å²) >= 11 is 0. The number of pyridine rings is 2. The second kappa shape index (κ2) is 10.2. The number of aromatic nitrogens is 2. The number of ether oxygens (including phenoxy) is 1. The van der Waals surface area contributed by atoms with Gasteiger partial charge in [0.1, 0.15) is 18.8 Å². The highest BCUT2D eigenvalue weighted by Gasteiger charge is 2.11. The fraction of sp³-hybridized carbons (Fsp3) is 0.208. The van der Waals surface area contributed by atoms with E-state index in [1.54, 1.807) is 0 Å². The lowest BCUT2D eigenvalue weighted by atomic mass is 10.1. The van der Waals surface area contributed by atoms with Gasteiger partial charge < -0.3 is 4.74 Å². The van der Waals surface area contributed by atoms with Gasteiger partial charge in [-0.05, 0) is 32.3 Å². The molecule has 7 heteroatoms. The van der Waals surface area contributed by atoms with E-state index in [0.717, 1.165) is 35.5 Å². The number of nitrogens with zero attached hydrogens (tertiary/aromatic N) is 4. The molecule has 2 aromatic heterocycles. The van der Waals surface area contributed by atoms with Crippen LogP contribution in [0.4, 0.5) is 11.5 Å². The van der Waals surface area contributed by atoms with Crippen molar-refractivity contribution >= 4 is 37.3 Å². The van der Waals surface area contributed by atoms with E-state index >= 15 is 0 Å². The lowest BCUT2D eigenvalue weighted by Gasteiger charge is -2.05. The third kappa shape index (κ3) is 5.89. The van der Waals surface area contributed by atoms with Gasteiger partial charge in [-0.2, -0.15) is 0 Å². The first-order valence-corrected chi connectivity index (χ1v) is 12.1. The summed E-state index contributed by atoms with van der Waals surface area (Å²) in [6.45, 7) is 3.18. The van der Waals surface area contributed by atoms with Crippen molar-refractivity contribution in [3.63, 3.8) is 0 Å². The van der Waals surface area contributed by atoms with Gasteiger partial charge in [0.15, 0.2) is 18.2 Å². The number of carbonyl (C=O) groups is 1. The molecule has 1 aliphatic heterocycles. The molecule has 0 spiro atoms. The third-order valence-electron chi connectivity index (χ3n) is 4.82. The summed E-state index contributed by atoms with van der Waals surface area (Å²) < 4.78 is 7.39. The van der Waals surface area contributed by atoms with Crippen molar-refractivity contribution in [2.45, 2.75) is 26.0 Å². The summed E-state index contributed by atoms with van der Waals surface area (Å²) in [5.41, 5.74) is 3.69. The van der Waals surface area contributed by atoms with Gasteiger partial charge in [0.05, 0.1) is 12.1 Å². The number of rotatable bonds is 7. The van der Waals surface area contributed by atoms with Gasteiger partial charge in [-0.15, -0.1) is 0 Å². The Balaban J connectivity index is 1.29. The van der Waals surface area contributed by atoms with Gasteiger partial charge in [-0.1, -0.05) is 30.3 Å². The van der Waals surface area contributed by atoms with Crippen LogP contribution in [0.2, 0.25) is 0 Å². The van der Waals surface area contributed by atoms with Crippen LogP contribution in [0.15, 0.2) is 77.0 Å². The van der Waals surface area contributed by atoms with Gasteiger partial charge in [0.25, 0.3) is 0 Å². The van der Waals surface area contributed by atoms with Crippen LogP contribution in [-0.4, -0.2) is 29.5 Å². The summed E-state index contributed by atoms with van der Waals surface area (Å²) in [5.74, 6) is 4.35. The van der Waals surface area contributed by atoms with Crippen molar-refractivity contribution < 1.29 is 14.1 Å². The molecule has 1 unspecified atom stereocenters. The van der Waals surface area contributed by atoms with Crippen molar-refractivity contribution in [3.8, 4) is 11.3 Å². The molecule has 0 bridgehead atoms. The van der Waals surface area contributed by atoms with Crippen LogP contribution in [0, 0.1) is 0 Å². The Labute approximate surface area is 183 Å². The van der Waals surface area contributed by atoms with Crippen LogP contribution in [0.3, 0.4) is 0 Å². The monoisotopic (exact) mass is 431 g/mol. The Morgan fingerprint density at radius 1 is 1.00 bits per heavy atom. The van der Waals surface area contributed by atoms with Crippen molar-refractivity contribution in [1.29, 1.82) is 0 Å². The second-order valence-corrected chi connectivity index (χ2v) is 9.06. The Morgan fingerprint density at radius 3 is 2.58 bits per heavy atom. The molecule has 3 aromatic rings. The zero-order valence-electron chi connectivity index (χ0n) is 17.4. The lowest BCUT2D eigenvalue weighted by molar-refractivity contribution is -0.697. The smallest absolute Gasteiger partial charge is 0.306 e. The number of esters is 1. The van der Waals surface area contributed by atoms with Crippen molar-refractivity contribution in [1.82, 2.24) is 4.98 Å². The molecule has 4 rings (SSSR count). The van der Waals surface area contributed by atoms with Crippen molar-refractivity contribution in [3.05, 3.63) is 72.6 Å². The highest BCUT2D eigenvalue weighted by atomic mass is 31.1. The van der Waals surface area contributed by atoms with E-state index in [1.165, 1.54) is 0 Å². The van der Waals surface area contributed by atoms with E-state index in [-0.39, 0.29) is 5.97 Å². The second-order valence-electron chi connectivity index (χ2n) is 7.27. The van der Waals surface area contributed by atoms with Crippen LogP contribution in [-0.2, 0) is 22.7 Å². The molecular weight excluding hydrogens is 407 g/mol. The summed E-state index contributed by atoms with van der Waals surface area (Å²) in [4.78, 5) is 25.6. The van der Waals surface area contributed by atoms with Crippen LogP contribution in [0.1, 0.15) is 18.4 Å². The molecule has 1 atom stereocenters. The summed E-state index contributed by atoms with van der Waals surface area (Å²) in [5, 5.41) is 0. The molecule has 6 nitrogen and oxygen atoms in total. The number of hydrogen-bond acceptors (Lipinski definition) is 5. The molecule has 0 N–H and O–H groups in total. The van der Waals surface area contributed by atoms with Crippen molar-refractivity contribution in [2.24, 2.45) is 9.98 Å². The quantitative estimate of drug-likeness (QED) is 0.300. The number of hydrogen-bond donors (Lipinski definition) is 0. The predicted molar refractivity (Wildman–Crippen MR) is 124 cm³/mol. The van der Waals surface area contributed by atoms with E-state index in [0.29, 0.717) is 18.8 Å². The number of benzene rings is 1. The molecule has 0 amide bonds. The van der Waals surface area contributed by atoms with E-state index in [2.05, 4.69) is 26.2 Å². The average Bonchev–Trinajstić information content (AvgIpc) is 3.00. The van der Waals surface area contributed by atoms with Gasteiger partial charge in [0.2, 0.25) is 0 Å². The van der Waals surface area contributed by atoms with Crippen molar-refractivity contribution in [2.75, 3.05) is 6.66 Å². The maximum Gasteiger partial charge on any atom is 0.306 e. The molecule has 0 radical (unpaired) electrons. The molecule has 0 aliphatic carbocycles. The average molecular weight is 431 g/mol. The fourth-order valence-electron chi connectivity index (χ4n) is 3.12. The minimum atomic E-state index is -0.418. The normalized spacial score (nSPS) is 14.7. The maximum atomic E-state index is 11.9. The topological polar surface area (TPSA) is 67.8 Å². The van der Waals surface area contributed by atoms with Gasteiger partial charge in [-0.3, -0.25) is 9.79 Å². The third-order valence-corrected chi connectivity index (χ3v) is 5.78. The first kappa shape index (κ1) is 21.0. The minimum absolute atomic E-state index is 0.172. The Kier molecular flexibility index (Phi) is 6.90. The van der Waals surface area contributed by atoms with Gasteiger partial charge in [-0.25, -0.2) is 14.5 Å². The van der Waals surface area contributed by atoms with Gasteiger partial charge >= 0.3 is 5.97 Å². The number of aliphatic imine (C=N–C) groups is 2. The lowest BCUT2D eigenvalue weighted by Crippen LogP contribution is -2.32. The zero-order chi connectivity index (χ0) is 21.5. The minimum Gasteiger partial charge on any atom is -0.461 e. The molecule has 3 heterocycles. The van der Waals surface area contributed by atoms with Crippen LogP contribution in [0.25, 0.3) is 11.3 Å². The maximum absolute atomic E-state index is 11.9. The highest BCUT2D eigenvalue weighted by molar-refractivity contribution is 7.85. The molecule has 0 saturated heterocycles. The van der Waals surface area contributed by atoms with E-state index in [1.807, 2.05) is 78.9 Å². The molecule has 156 valence electrons. The van der Waals surface area contributed by atoms with E-state index in [4.69, 9.17) is 4.74 Å². The summed E-state index contributed by atoms with van der Waals surface area (Å²) in [6.07, 6.45) is 5.13. The summed E-state index contributed by atoms with van der Waals surface area (Å²) in [6, 6.07) is 17.7. The Hall–Kier alpha value is -3.24.